The van der Waals surface area contributed by atoms with E-state index in [0.29, 0.717) is 17.0 Å². The maximum atomic E-state index is 9.80. The van der Waals surface area contributed by atoms with Crippen LogP contribution in [0.25, 0.3) is 0 Å². The molecule has 4 nitrogen and oxygen atoms in total. The van der Waals surface area contributed by atoms with Crippen molar-refractivity contribution in [2.45, 2.75) is 52.6 Å². The summed E-state index contributed by atoms with van der Waals surface area (Å²) in [5.74, 6) is 0.501. The van der Waals surface area contributed by atoms with Gasteiger partial charge in [-0.25, -0.2) is 0 Å². The van der Waals surface area contributed by atoms with Gasteiger partial charge in [0.2, 0.25) is 0 Å². The second kappa shape index (κ2) is 12.6. The van der Waals surface area contributed by atoms with Crippen LogP contribution in [0, 0.1) is 57.2 Å². The van der Waals surface area contributed by atoms with Crippen LogP contribution in [0.4, 0.5) is 0 Å². The molecule has 0 amide bonds. The minimum Gasteiger partial charge on any atom is -0.198 e. The van der Waals surface area contributed by atoms with Gasteiger partial charge >= 0.3 is 0 Å². The standard InChI is InChI=1S/C14H19N2PS.C10H10N2S/c1-5-17(6-2)14(10-16,11(3)4)13-7-12(8-15)9-18-13;1-7(2)9(5-12)10-3-8(4-11)6-13-10/h7,9,11H,5-6H2,1-4H3;3,6-7,9H,1-2H3. The van der Waals surface area contributed by atoms with Crippen LogP contribution in [0.2, 0.25) is 0 Å². The van der Waals surface area contributed by atoms with Gasteiger partial charge in [-0.3, -0.25) is 0 Å². The van der Waals surface area contributed by atoms with Crippen molar-refractivity contribution in [3.63, 3.8) is 0 Å². The van der Waals surface area contributed by atoms with E-state index in [2.05, 4.69) is 52.0 Å². The average molecular weight is 469 g/mol. The molecule has 7 heteroatoms. The molecule has 31 heavy (non-hydrogen) atoms. The Kier molecular flexibility index (Phi) is 10.9. The Morgan fingerprint density at radius 3 is 1.81 bits per heavy atom. The third kappa shape index (κ3) is 6.16. The first kappa shape index (κ1) is 26.8. The van der Waals surface area contributed by atoms with Gasteiger partial charge in [-0.1, -0.05) is 49.5 Å². The molecule has 0 saturated carbocycles. The van der Waals surface area contributed by atoms with Crippen molar-refractivity contribution in [1.82, 2.24) is 0 Å². The second-order valence-corrected chi connectivity index (χ2v) is 12.6. The zero-order chi connectivity index (χ0) is 23.6. The van der Waals surface area contributed by atoms with E-state index in [4.69, 9.17) is 15.8 Å². The SMILES string of the molecule is CC(C)C(C#N)c1cc(C#N)cs1.CCP(CC)C(C#N)(c1cc(C#N)cs1)C(C)C. The van der Waals surface area contributed by atoms with Gasteiger partial charge in [0.15, 0.2) is 0 Å². The van der Waals surface area contributed by atoms with Crippen molar-refractivity contribution in [3.05, 3.63) is 43.8 Å². The molecule has 0 radical (unpaired) electrons. The first-order chi connectivity index (χ1) is 14.7. The number of hydrogen-bond acceptors (Lipinski definition) is 6. The summed E-state index contributed by atoms with van der Waals surface area (Å²) < 4.78 is 0. The van der Waals surface area contributed by atoms with Crippen molar-refractivity contribution in [3.8, 4) is 24.3 Å². The molecule has 2 heterocycles. The van der Waals surface area contributed by atoms with Crippen LogP contribution >= 0.6 is 30.6 Å². The van der Waals surface area contributed by atoms with E-state index in [1.165, 1.54) is 11.3 Å². The molecule has 0 bridgehead atoms. The fourth-order valence-electron chi connectivity index (χ4n) is 3.49. The molecule has 2 aromatic rings. The summed E-state index contributed by atoms with van der Waals surface area (Å²) in [5, 5.41) is 39.6. The molecule has 2 atom stereocenters. The molecule has 0 aromatic carbocycles. The number of nitriles is 4. The Morgan fingerprint density at radius 2 is 1.45 bits per heavy atom. The highest BCUT2D eigenvalue weighted by molar-refractivity contribution is 7.59. The van der Waals surface area contributed by atoms with Crippen LogP contribution in [0.1, 0.15) is 68.3 Å². The lowest BCUT2D eigenvalue weighted by molar-refractivity contribution is 0.538. The van der Waals surface area contributed by atoms with Gasteiger partial charge < -0.3 is 0 Å². The van der Waals surface area contributed by atoms with Gasteiger partial charge in [0.1, 0.15) is 17.3 Å². The molecule has 0 N–H and O–H groups in total. The lowest BCUT2D eigenvalue weighted by Crippen LogP contribution is -2.29. The minimum atomic E-state index is -0.390. The highest BCUT2D eigenvalue weighted by atomic mass is 32.1. The van der Waals surface area contributed by atoms with E-state index >= 15 is 0 Å². The number of rotatable bonds is 7. The lowest BCUT2D eigenvalue weighted by atomic mass is 9.94. The molecular formula is C24H29N4PS2. The van der Waals surface area contributed by atoms with Crippen LogP contribution in [-0.4, -0.2) is 12.3 Å². The molecule has 0 aliphatic carbocycles. The second-order valence-electron chi connectivity index (χ2n) is 7.72. The van der Waals surface area contributed by atoms with Crippen molar-refractivity contribution in [2.24, 2.45) is 11.8 Å². The van der Waals surface area contributed by atoms with E-state index in [1.807, 2.05) is 25.3 Å². The third-order valence-electron chi connectivity index (χ3n) is 5.23. The fraction of sp³-hybridized carbons (Fsp3) is 0.500. The average Bonchev–Trinajstić information content (AvgIpc) is 3.42. The molecule has 0 aliphatic heterocycles. The normalized spacial score (nSPS) is 13.3. The summed E-state index contributed by atoms with van der Waals surface area (Å²) in [4.78, 5) is 2.07. The van der Waals surface area contributed by atoms with E-state index in [-0.39, 0.29) is 19.8 Å². The molecule has 2 unspecified atom stereocenters. The smallest absolute Gasteiger partial charge is 0.113 e. The molecule has 162 valence electrons. The Labute approximate surface area is 196 Å². The Balaban J connectivity index is 0.000000327. The predicted octanol–water partition coefficient (Wildman–Crippen LogP) is 7.40. The molecule has 0 aliphatic rings. The Bertz CT molecular complexity index is 1010. The van der Waals surface area contributed by atoms with E-state index in [0.717, 1.165) is 22.1 Å². The van der Waals surface area contributed by atoms with Crippen molar-refractivity contribution >= 4 is 30.6 Å². The van der Waals surface area contributed by atoms with Gasteiger partial charge in [-0.15, -0.1) is 22.7 Å². The zero-order valence-corrected chi connectivity index (χ0v) is 21.5. The molecule has 0 fully saturated rings. The summed E-state index contributed by atoms with van der Waals surface area (Å²) in [6, 6.07) is 12.8. The first-order valence-electron chi connectivity index (χ1n) is 10.3. The van der Waals surface area contributed by atoms with Gasteiger partial charge in [0.25, 0.3) is 0 Å². The third-order valence-corrected chi connectivity index (χ3v) is 10.8. The Hall–Kier alpha value is -2.21. The van der Waals surface area contributed by atoms with Crippen molar-refractivity contribution in [1.29, 1.82) is 21.0 Å². The predicted molar refractivity (Wildman–Crippen MR) is 131 cm³/mol. The summed E-state index contributed by atoms with van der Waals surface area (Å²) in [7, 11) is -0.372. The fourth-order valence-corrected chi connectivity index (χ4v) is 8.81. The van der Waals surface area contributed by atoms with E-state index < -0.39 is 5.16 Å². The van der Waals surface area contributed by atoms with Gasteiger partial charge in [-0.05, 0) is 36.3 Å². The van der Waals surface area contributed by atoms with Gasteiger partial charge in [0.05, 0.1) is 29.2 Å². The monoisotopic (exact) mass is 468 g/mol. The van der Waals surface area contributed by atoms with Gasteiger partial charge in [-0.2, -0.15) is 21.0 Å². The van der Waals surface area contributed by atoms with Crippen molar-refractivity contribution < 1.29 is 0 Å². The zero-order valence-electron chi connectivity index (χ0n) is 19.0. The molecular weight excluding hydrogens is 439 g/mol. The maximum Gasteiger partial charge on any atom is 0.113 e. The summed E-state index contributed by atoms with van der Waals surface area (Å²) in [6.45, 7) is 12.6. The number of hydrogen-bond donors (Lipinski definition) is 0. The topological polar surface area (TPSA) is 95.2 Å². The summed E-state index contributed by atoms with van der Waals surface area (Å²) >= 11 is 3.05. The quantitative estimate of drug-likeness (QED) is 0.395. The van der Waals surface area contributed by atoms with Crippen LogP contribution in [0.3, 0.4) is 0 Å². The molecule has 2 aromatic heterocycles. The summed E-state index contributed by atoms with van der Waals surface area (Å²) in [6.07, 6.45) is 2.11. The van der Waals surface area contributed by atoms with Gasteiger partial charge in [0, 0.05) is 20.5 Å². The number of thiophene rings is 2. The minimum absolute atomic E-state index is 0.0768. The summed E-state index contributed by atoms with van der Waals surface area (Å²) in [5.41, 5.74) is 1.33. The first-order valence-corrected chi connectivity index (χ1v) is 13.8. The lowest BCUT2D eigenvalue weighted by Gasteiger charge is -2.37. The van der Waals surface area contributed by atoms with Crippen LogP contribution in [-0.2, 0) is 5.16 Å². The highest BCUT2D eigenvalue weighted by Gasteiger charge is 2.43. The number of nitrogens with zero attached hydrogens (tertiary/aromatic N) is 4. The molecule has 0 saturated heterocycles. The van der Waals surface area contributed by atoms with Crippen LogP contribution in [0.5, 0.6) is 0 Å². The molecule has 2 rings (SSSR count). The van der Waals surface area contributed by atoms with Crippen LogP contribution in [0.15, 0.2) is 22.9 Å². The van der Waals surface area contributed by atoms with Crippen LogP contribution < -0.4 is 0 Å². The maximum absolute atomic E-state index is 9.80. The largest absolute Gasteiger partial charge is 0.198 e. The molecule has 0 spiro atoms. The van der Waals surface area contributed by atoms with E-state index in [1.54, 1.807) is 22.8 Å². The Morgan fingerprint density at radius 1 is 0.903 bits per heavy atom. The van der Waals surface area contributed by atoms with Crippen molar-refractivity contribution in [2.75, 3.05) is 12.3 Å². The van der Waals surface area contributed by atoms with E-state index in [9.17, 15) is 5.26 Å². The highest BCUT2D eigenvalue weighted by Crippen LogP contribution is 2.60.